The smallest absolute Gasteiger partial charge is 0.291 e. The zero-order valence-electron chi connectivity index (χ0n) is 13.1. The molecule has 0 radical (unpaired) electrons. The monoisotopic (exact) mass is 345 g/mol. The van der Waals surface area contributed by atoms with E-state index in [9.17, 15) is 4.79 Å². The van der Waals surface area contributed by atoms with Crippen LogP contribution in [0.1, 0.15) is 21.7 Å². The highest BCUT2D eigenvalue weighted by molar-refractivity contribution is 7.98. The second-order valence-corrected chi connectivity index (χ2v) is 6.56. The van der Waals surface area contributed by atoms with Crippen LogP contribution < -0.4 is 5.32 Å². The molecule has 0 saturated heterocycles. The van der Waals surface area contributed by atoms with Gasteiger partial charge in [0.15, 0.2) is 5.76 Å². The van der Waals surface area contributed by atoms with Crippen molar-refractivity contribution in [2.24, 2.45) is 0 Å². The molecule has 1 N–H and O–H groups in total. The Morgan fingerprint density at radius 3 is 2.70 bits per heavy atom. The molecular weight excluding hydrogens is 330 g/mol. The van der Waals surface area contributed by atoms with E-state index in [0.29, 0.717) is 16.4 Å². The molecule has 3 rings (SSSR count). The predicted octanol–water partition coefficient (Wildman–Crippen LogP) is 5.68. The van der Waals surface area contributed by atoms with Crippen LogP contribution >= 0.6 is 23.4 Å². The lowest BCUT2D eigenvalue weighted by molar-refractivity contribution is 0.0997. The number of fused-ring (bicyclic) bond motifs is 1. The summed E-state index contributed by atoms with van der Waals surface area (Å²) in [6.07, 6.45) is 1.97. The van der Waals surface area contributed by atoms with E-state index in [-0.39, 0.29) is 5.91 Å². The minimum Gasteiger partial charge on any atom is -0.451 e. The van der Waals surface area contributed by atoms with Gasteiger partial charge in [0.25, 0.3) is 5.91 Å². The van der Waals surface area contributed by atoms with Gasteiger partial charge in [-0.25, -0.2) is 0 Å². The van der Waals surface area contributed by atoms with E-state index in [4.69, 9.17) is 16.0 Å². The number of aryl methyl sites for hydroxylation is 2. The second-order valence-electron chi connectivity index (χ2n) is 5.31. The number of nitrogens with one attached hydrogen (secondary N) is 1. The number of furan rings is 1. The molecule has 0 fully saturated rings. The molecule has 23 heavy (non-hydrogen) atoms. The molecule has 0 saturated carbocycles. The average Bonchev–Trinajstić information content (AvgIpc) is 2.85. The number of hydrogen-bond acceptors (Lipinski definition) is 3. The van der Waals surface area contributed by atoms with E-state index in [1.54, 1.807) is 11.8 Å². The van der Waals surface area contributed by atoms with Gasteiger partial charge in [-0.15, -0.1) is 11.8 Å². The summed E-state index contributed by atoms with van der Waals surface area (Å²) in [5, 5.41) is 4.45. The SMILES string of the molecule is CSc1ccccc1NC(=O)c1oc2cc(C)c(Cl)cc2c1C. The Labute approximate surface area is 144 Å². The van der Waals surface area contributed by atoms with Gasteiger partial charge in [0.2, 0.25) is 0 Å². The predicted molar refractivity (Wildman–Crippen MR) is 96.9 cm³/mol. The Morgan fingerprint density at radius 2 is 1.96 bits per heavy atom. The van der Waals surface area contributed by atoms with Gasteiger partial charge in [0, 0.05) is 20.9 Å². The van der Waals surface area contributed by atoms with Crippen LogP contribution in [0.4, 0.5) is 5.69 Å². The molecule has 1 aromatic heterocycles. The van der Waals surface area contributed by atoms with Crippen LogP contribution in [-0.4, -0.2) is 12.2 Å². The number of carbonyl (C=O) groups excluding carboxylic acids is 1. The minimum atomic E-state index is -0.256. The van der Waals surface area contributed by atoms with Crippen molar-refractivity contribution in [2.75, 3.05) is 11.6 Å². The van der Waals surface area contributed by atoms with Crippen LogP contribution in [0.3, 0.4) is 0 Å². The number of para-hydroxylation sites is 1. The van der Waals surface area contributed by atoms with Gasteiger partial charge in [-0.05, 0) is 49.9 Å². The maximum Gasteiger partial charge on any atom is 0.291 e. The fourth-order valence-electron chi connectivity index (χ4n) is 2.48. The second kappa shape index (κ2) is 6.30. The van der Waals surface area contributed by atoms with E-state index >= 15 is 0 Å². The van der Waals surface area contributed by atoms with Gasteiger partial charge in [-0.3, -0.25) is 4.79 Å². The summed E-state index contributed by atoms with van der Waals surface area (Å²) in [4.78, 5) is 13.6. The van der Waals surface area contributed by atoms with Crippen molar-refractivity contribution in [1.82, 2.24) is 0 Å². The molecule has 5 heteroatoms. The molecule has 0 atom stereocenters. The lowest BCUT2D eigenvalue weighted by atomic mass is 10.1. The number of hydrogen-bond donors (Lipinski definition) is 1. The normalized spacial score (nSPS) is 11.0. The molecular formula is C18H16ClNO2S. The van der Waals surface area contributed by atoms with Gasteiger partial charge < -0.3 is 9.73 Å². The quantitative estimate of drug-likeness (QED) is 0.621. The molecule has 1 heterocycles. The van der Waals surface area contributed by atoms with Gasteiger partial charge in [-0.2, -0.15) is 0 Å². The number of thioether (sulfide) groups is 1. The highest BCUT2D eigenvalue weighted by atomic mass is 35.5. The first-order chi connectivity index (χ1) is 11.0. The highest BCUT2D eigenvalue weighted by Crippen LogP contribution is 2.31. The number of benzene rings is 2. The number of carbonyl (C=O) groups is 1. The van der Waals surface area contributed by atoms with Crippen LogP contribution in [0.25, 0.3) is 11.0 Å². The molecule has 3 nitrogen and oxygen atoms in total. The number of amides is 1. The van der Waals surface area contributed by atoms with E-state index in [2.05, 4.69) is 5.32 Å². The zero-order valence-corrected chi connectivity index (χ0v) is 14.6. The molecule has 0 bridgehead atoms. The summed E-state index contributed by atoms with van der Waals surface area (Å²) in [6.45, 7) is 3.78. The van der Waals surface area contributed by atoms with E-state index in [1.165, 1.54) is 0 Å². The summed E-state index contributed by atoms with van der Waals surface area (Å²) in [7, 11) is 0. The van der Waals surface area contributed by atoms with Crippen LogP contribution in [0, 0.1) is 13.8 Å². The van der Waals surface area contributed by atoms with Crippen molar-refractivity contribution in [1.29, 1.82) is 0 Å². The maximum atomic E-state index is 12.6. The van der Waals surface area contributed by atoms with Crippen molar-refractivity contribution < 1.29 is 9.21 Å². The summed E-state index contributed by atoms with van der Waals surface area (Å²) in [5.74, 6) is 0.0616. The number of anilines is 1. The largest absolute Gasteiger partial charge is 0.451 e. The Balaban J connectivity index is 1.99. The number of rotatable bonds is 3. The molecule has 118 valence electrons. The first-order valence-electron chi connectivity index (χ1n) is 7.15. The Bertz CT molecular complexity index is 901. The van der Waals surface area contributed by atoms with E-state index < -0.39 is 0 Å². The molecule has 0 unspecified atom stereocenters. The molecule has 2 aromatic carbocycles. The number of halogens is 1. The van der Waals surface area contributed by atoms with Crippen LogP contribution in [0.2, 0.25) is 5.02 Å². The fourth-order valence-corrected chi connectivity index (χ4v) is 3.20. The van der Waals surface area contributed by atoms with Crippen LogP contribution in [0.15, 0.2) is 45.7 Å². The topological polar surface area (TPSA) is 42.2 Å². The van der Waals surface area contributed by atoms with Crippen molar-refractivity contribution in [3.05, 3.63) is 58.3 Å². The maximum absolute atomic E-state index is 12.6. The first-order valence-corrected chi connectivity index (χ1v) is 8.75. The standard InChI is InChI=1S/C18H16ClNO2S/c1-10-8-15-12(9-13(10)19)11(2)17(22-15)18(21)20-14-6-4-5-7-16(14)23-3/h4-9H,1-3H3,(H,20,21). The lowest BCUT2D eigenvalue weighted by Crippen LogP contribution is -2.12. The van der Waals surface area contributed by atoms with Gasteiger partial charge in [0.05, 0.1) is 5.69 Å². The molecule has 0 aliphatic heterocycles. The molecule has 1 amide bonds. The van der Waals surface area contributed by atoms with Crippen molar-refractivity contribution in [3.8, 4) is 0 Å². The third-order valence-corrected chi connectivity index (χ3v) is 4.98. The molecule has 0 spiro atoms. The Hall–Kier alpha value is -1.91. The van der Waals surface area contributed by atoms with Gasteiger partial charge in [-0.1, -0.05) is 23.7 Å². The highest BCUT2D eigenvalue weighted by Gasteiger charge is 2.19. The first kappa shape index (κ1) is 16.0. The minimum absolute atomic E-state index is 0.256. The summed E-state index contributed by atoms with van der Waals surface area (Å²) < 4.78 is 5.76. The third-order valence-electron chi connectivity index (χ3n) is 3.78. The summed E-state index contributed by atoms with van der Waals surface area (Å²) in [5.41, 5.74) is 3.17. The van der Waals surface area contributed by atoms with Crippen LogP contribution in [0.5, 0.6) is 0 Å². The van der Waals surface area contributed by atoms with Crippen LogP contribution in [-0.2, 0) is 0 Å². The third kappa shape index (κ3) is 2.96. The van der Waals surface area contributed by atoms with Crippen molar-refractivity contribution >= 4 is 45.9 Å². The van der Waals surface area contributed by atoms with Gasteiger partial charge >= 0.3 is 0 Å². The fraction of sp³-hybridized carbons (Fsp3) is 0.167. The Morgan fingerprint density at radius 1 is 1.22 bits per heavy atom. The molecule has 0 aliphatic rings. The zero-order chi connectivity index (χ0) is 16.6. The summed E-state index contributed by atoms with van der Waals surface area (Å²) in [6, 6.07) is 11.4. The van der Waals surface area contributed by atoms with Crippen molar-refractivity contribution in [3.63, 3.8) is 0 Å². The lowest BCUT2D eigenvalue weighted by Gasteiger charge is -2.08. The molecule has 0 aliphatic carbocycles. The van der Waals surface area contributed by atoms with Gasteiger partial charge in [0.1, 0.15) is 5.58 Å². The average molecular weight is 346 g/mol. The van der Waals surface area contributed by atoms with Crippen molar-refractivity contribution in [2.45, 2.75) is 18.7 Å². The Kier molecular flexibility index (Phi) is 4.37. The summed E-state index contributed by atoms with van der Waals surface area (Å²) >= 11 is 7.76. The van der Waals surface area contributed by atoms with E-state index in [0.717, 1.165) is 27.1 Å². The van der Waals surface area contributed by atoms with E-state index in [1.807, 2.05) is 56.5 Å². The molecule has 3 aromatic rings.